The second-order valence-corrected chi connectivity index (χ2v) is 6.93. The molecule has 1 aliphatic heterocycles. The van der Waals surface area contributed by atoms with Crippen LogP contribution in [0.2, 0.25) is 0 Å². The lowest BCUT2D eigenvalue weighted by molar-refractivity contribution is 0.0684. The lowest BCUT2D eigenvalue weighted by atomic mass is 9.92. The van der Waals surface area contributed by atoms with Crippen LogP contribution >= 0.6 is 0 Å². The number of aromatic amines is 2. The van der Waals surface area contributed by atoms with E-state index >= 15 is 0 Å². The van der Waals surface area contributed by atoms with Gasteiger partial charge in [0.05, 0.1) is 6.04 Å². The third kappa shape index (κ3) is 2.62. The first kappa shape index (κ1) is 16.5. The Kier molecular flexibility index (Phi) is 3.83. The van der Waals surface area contributed by atoms with Crippen molar-refractivity contribution < 1.29 is 4.79 Å². The van der Waals surface area contributed by atoms with Crippen LogP contribution in [0.3, 0.4) is 0 Å². The Bertz CT molecular complexity index is 1210. The maximum atomic E-state index is 13.2. The molecule has 1 unspecified atom stereocenters. The van der Waals surface area contributed by atoms with Crippen LogP contribution in [0.25, 0.3) is 10.9 Å². The van der Waals surface area contributed by atoms with Crippen molar-refractivity contribution in [2.24, 2.45) is 0 Å². The molecule has 0 bridgehead atoms. The molecule has 6 nitrogen and oxygen atoms in total. The van der Waals surface area contributed by atoms with E-state index in [4.69, 9.17) is 0 Å². The molecule has 138 valence electrons. The van der Waals surface area contributed by atoms with Gasteiger partial charge in [-0.2, -0.15) is 5.10 Å². The molecule has 1 atom stereocenters. The van der Waals surface area contributed by atoms with Gasteiger partial charge in [0.2, 0.25) is 0 Å². The lowest BCUT2D eigenvalue weighted by Crippen LogP contribution is -2.41. The SMILES string of the molecule is O=C(c1ccc(=O)[nH]n1)N1CCc2c([nH]c3ccccc23)C1c1ccccc1. The molecule has 28 heavy (non-hydrogen) atoms. The second-order valence-electron chi connectivity index (χ2n) is 6.93. The van der Waals surface area contributed by atoms with Gasteiger partial charge in [-0.1, -0.05) is 48.5 Å². The zero-order valence-corrected chi connectivity index (χ0v) is 15.1. The minimum Gasteiger partial charge on any atom is -0.356 e. The van der Waals surface area contributed by atoms with Crippen molar-refractivity contribution >= 4 is 16.8 Å². The first-order valence-corrected chi connectivity index (χ1v) is 9.23. The van der Waals surface area contributed by atoms with Crippen LogP contribution in [0.5, 0.6) is 0 Å². The third-order valence-corrected chi connectivity index (χ3v) is 5.31. The fourth-order valence-corrected chi connectivity index (χ4v) is 4.05. The Morgan fingerprint density at radius 1 is 1.00 bits per heavy atom. The largest absolute Gasteiger partial charge is 0.356 e. The van der Waals surface area contributed by atoms with Gasteiger partial charge >= 0.3 is 0 Å². The molecular weight excluding hydrogens is 352 g/mol. The molecule has 1 aliphatic rings. The molecule has 0 saturated heterocycles. The van der Waals surface area contributed by atoms with Gasteiger partial charge < -0.3 is 9.88 Å². The van der Waals surface area contributed by atoms with Crippen molar-refractivity contribution in [1.29, 1.82) is 0 Å². The summed E-state index contributed by atoms with van der Waals surface area (Å²) >= 11 is 0. The molecular formula is C22H18N4O2. The Hall–Kier alpha value is -3.67. The number of H-pyrrole nitrogens is 2. The van der Waals surface area contributed by atoms with E-state index in [2.05, 4.69) is 27.3 Å². The number of amides is 1. The first-order valence-electron chi connectivity index (χ1n) is 9.23. The van der Waals surface area contributed by atoms with Gasteiger partial charge in [-0.25, -0.2) is 5.10 Å². The number of para-hydroxylation sites is 1. The van der Waals surface area contributed by atoms with Crippen molar-refractivity contribution in [1.82, 2.24) is 20.1 Å². The maximum absolute atomic E-state index is 13.2. The summed E-state index contributed by atoms with van der Waals surface area (Å²) in [6.07, 6.45) is 0.762. The molecule has 0 radical (unpaired) electrons. The van der Waals surface area contributed by atoms with Gasteiger partial charge in [-0.05, 0) is 29.7 Å². The topological polar surface area (TPSA) is 81.8 Å². The highest BCUT2D eigenvalue weighted by molar-refractivity contribution is 5.93. The van der Waals surface area contributed by atoms with E-state index in [0.717, 1.165) is 23.2 Å². The van der Waals surface area contributed by atoms with Crippen molar-refractivity contribution in [2.75, 3.05) is 6.54 Å². The predicted molar refractivity (Wildman–Crippen MR) is 106 cm³/mol. The Balaban J connectivity index is 1.66. The van der Waals surface area contributed by atoms with E-state index in [-0.39, 0.29) is 23.2 Å². The second kappa shape index (κ2) is 6.49. The average molecular weight is 370 g/mol. The Morgan fingerprint density at radius 3 is 2.57 bits per heavy atom. The number of benzene rings is 2. The summed E-state index contributed by atoms with van der Waals surface area (Å²) in [6.45, 7) is 0.577. The van der Waals surface area contributed by atoms with E-state index in [9.17, 15) is 9.59 Å². The fraction of sp³-hybridized carbons (Fsp3) is 0.136. The summed E-state index contributed by atoms with van der Waals surface area (Å²) in [4.78, 5) is 29.9. The monoisotopic (exact) mass is 370 g/mol. The summed E-state index contributed by atoms with van der Waals surface area (Å²) in [5, 5.41) is 7.50. The van der Waals surface area contributed by atoms with Gasteiger partial charge in [-0.3, -0.25) is 9.59 Å². The van der Waals surface area contributed by atoms with Gasteiger partial charge in [0.15, 0.2) is 0 Å². The Morgan fingerprint density at radius 2 is 1.79 bits per heavy atom. The smallest absolute Gasteiger partial charge is 0.275 e. The van der Waals surface area contributed by atoms with Crippen LogP contribution in [-0.2, 0) is 6.42 Å². The van der Waals surface area contributed by atoms with E-state index in [1.807, 2.05) is 47.4 Å². The number of carbonyl (C=O) groups is 1. The third-order valence-electron chi connectivity index (χ3n) is 5.31. The van der Waals surface area contributed by atoms with Crippen molar-refractivity contribution in [3.63, 3.8) is 0 Å². The molecule has 2 aromatic carbocycles. The standard InChI is InChI=1S/C22H18N4O2/c27-19-11-10-18(24-25-19)22(28)26-13-12-16-15-8-4-5-9-17(15)23-20(16)21(26)14-6-2-1-3-7-14/h1-11,21,23H,12-13H2,(H,25,27). The minimum absolute atomic E-state index is 0.200. The lowest BCUT2D eigenvalue weighted by Gasteiger charge is -2.36. The van der Waals surface area contributed by atoms with E-state index in [0.29, 0.717) is 6.54 Å². The minimum atomic E-state index is -0.326. The summed E-state index contributed by atoms with van der Waals surface area (Å²) in [5.74, 6) is -0.200. The number of hydrogen-bond acceptors (Lipinski definition) is 3. The molecule has 2 N–H and O–H groups in total. The van der Waals surface area contributed by atoms with Crippen molar-refractivity contribution in [3.8, 4) is 0 Å². The van der Waals surface area contributed by atoms with Crippen LogP contribution in [0, 0.1) is 0 Å². The number of fused-ring (bicyclic) bond motifs is 3. The molecule has 3 heterocycles. The van der Waals surface area contributed by atoms with Crippen LogP contribution in [0.1, 0.15) is 33.4 Å². The predicted octanol–water partition coefficient (Wildman–Crippen LogP) is 3.04. The van der Waals surface area contributed by atoms with E-state index < -0.39 is 0 Å². The number of rotatable bonds is 2. The van der Waals surface area contributed by atoms with Crippen LogP contribution in [0.4, 0.5) is 0 Å². The number of nitrogens with one attached hydrogen (secondary N) is 2. The van der Waals surface area contributed by atoms with Crippen molar-refractivity contribution in [2.45, 2.75) is 12.5 Å². The van der Waals surface area contributed by atoms with Gasteiger partial charge in [0, 0.05) is 29.2 Å². The number of nitrogens with zero attached hydrogens (tertiary/aromatic N) is 2. The molecule has 4 aromatic rings. The molecule has 0 aliphatic carbocycles. The molecule has 5 rings (SSSR count). The highest BCUT2D eigenvalue weighted by atomic mass is 16.2. The maximum Gasteiger partial charge on any atom is 0.275 e. The summed E-state index contributed by atoms with van der Waals surface area (Å²) in [5.41, 5.74) is 4.31. The van der Waals surface area contributed by atoms with Crippen molar-refractivity contribution in [3.05, 3.63) is 99.6 Å². The van der Waals surface area contributed by atoms with Crippen LogP contribution in [0.15, 0.2) is 71.5 Å². The highest BCUT2D eigenvalue weighted by Gasteiger charge is 2.35. The molecule has 6 heteroatoms. The quantitative estimate of drug-likeness (QED) is 0.569. The summed E-state index contributed by atoms with van der Waals surface area (Å²) in [7, 11) is 0. The molecule has 0 spiro atoms. The average Bonchev–Trinajstić information content (AvgIpc) is 3.12. The molecule has 0 saturated carbocycles. The zero-order valence-electron chi connectivity index (χ0n) is 15.1. The van der Waals surface area contributed by atoms with Crippen LogP contribution < -0.4 is 5.56 Å². The number of hydrogen-bond donors (Lipinski definition) is 2. The Labute approximate surface area is 160 Å². The molecule has 2 aromatic heterocycles. The van der Waals surface area contributed by atoms with Gasteiger partial charge in [0.25, 0.3) is 11.5 Å². The molecule has 0 fully saturated rings. The highest BCUT2D eigenvalue weighted by Crippen LogP contribution is 2.38. The van der Waals surface area contributed by atoms with E-state index in [1.165, 1.54) is 23.1 Å². The van der Waals surface area contributed by atoms with Crippen LogP contribution in [-0.4, -0.2) is 32.5 Å². The first-order chi connectivity index (χ1) is 13.7. The summed E-state index contributed by atoms with van der Waals surface area (Å²) in [6, 6.07) is 20.8. The number of carbonyl (C=O) groups excluding carboxylic acids is 1. The fourth-order valence-electron chi connectivity index (χ4n) is 4.05. The van der Waals surface area contributed by atoms with Gasteiger partial charge in [0.1, 0.15) is 5.69 Å². The van der Waals surface area contributed by atoms with E-state index in [1.54, 1.807) is 0 Å². The normalized spacial score (nSPS) is 16.1. The molecule has 1 amide bonds. The zero-order chi connectivity index (χ0) is 19.1. The van der Waals surface area contributed by atoms with Gasteiger partial charge in [-0.15, -0.1) is 0 Å². The number of aromatic nitrogens is 3. The summed E-state index contributed by atoms with van der Waals surface area (Å²) < 4.78 is 0.